The minimum atomic E-state index is -0.475. The van der Waals surface area contributed by atoms with E-state index in [-0.39, 0.29) is 18.4 Å². The van der Waals surface area contributed by atoms with Crippen LogP contribution in [0.3, 0.4) is 0 Å². The molecule has 1 aliphatic heterocycles. The van der Waals surface area contributed by atoms with Crippen LogP contribution in [0.15, 0.2) is 0 Å². The summed E-state index contributed by atoms with van der Waals surface area (Å²) >= 11 is 0. The Kier molecular flexibility index (Phi) is 3.90. The number of amides is 2. The molecule has 2 rings (SSSR count). The van der Waals surface area contributed by atoms with E-state index in [4.69, 9.17) is 0 Å². The van der Waals surface area contributed by atoms with Crippen molar-refractivity contribution in [1.82, 2.24) is 10.6 Å². The highest BCUT2D eigenvalue weighted by atomic mass is 16.3. The number of carbonyl (C=O) groups excluding carboxylic acids is 2. The molecular formula is C13H22N2O3. The number of rotatable bonds is 3. The summed E-state index contributed by atoms with van der Waals surface area (Å²) in [6, 6.07) is -0.416. The van der Waals surface area contributed by atoms with E-state index in [9.17, 15) is 14.7 Å². The van der Waals surface area contributed by atoms with E-state index < -0.39 is 11.6 Å². The van der Waals surface area contributed by atoms with Gasteiger partial charge >= 0.3 is 0 Å². The Morgan fingerprint density at radius 3 is 2.61 bits per heavy atom. The van der Waals surface area contributed by atoms with Crippen LogP contribution in [0, 0.1) is 5.92 Å². The molecule has 102 valence electrons. The molecule has 2 amide bonds. The van der Waals surface area contributed by atoms with Crippen molar-refractivity contribution in [2.45, 2.75) is 57.0 Å². The molecule has 3 N–H and O–H groups in total. The molecule has 2 fully saturated rings. The van der Waals surface area contributed by atoms with Crippen LogP contribution in [0.1, 0.15) is 45.4 Å². The molecule has 1 saturated carbocycles. The van der Waals surface area contributed by atoms with Gasteiger partial charge in [0.15, 0.2) is 0 Å². The van der Waals surface area contributed by atoms with Gasteiger partial charge in [-0.25, -0.2) is 0 Å². The van der Waals surface area contributed by atoms with Gasteiger partial charge in [0.25, 0.3) is 0 Å². The van der Waals surface area contributed by atoms with Crippen molar-refractivity contribution in [3.05, 3.63) is 0 Å². The van der Waals surface area contributed by atoms with E-state index in [0.717, 1.165) is 25.7 Å². The fourth-order valence-electron chi connectivity index (χ4n) is 2.80. The molecule has 1 aliphatic carbocycles. The first kappa shape index (κ1) is 13.3. The maximum Gasteiger partial charge on any atom is 0.243 e. The molecule has 0 unspecified atom stereocenters. The highest BCUT2D eigenvalue weighted by Crippen LogP contribution is 2.31. The third-order valence-corrected chi connectivity index (χ3v) is 4.23. The van der Waals surface area contributed by atoms with Crippen molar-refractivity contribution in [2.24, 2.45) is 5.92 Å². The van der Waals surface area contributed by atoms with E-state index in [1.54, 1.807) is 0 Å². The third-order valence-electron chi connectivity index (χ3n) is 4.23. The fraction of sp³-hybridized carbons (Fsp3) is 0.846. The fourth-order valence-corrected chi connectivity index (χ4v) is 2.80. The molecule has 0 bridgehead atoms. The Morgan fingerprint density at radius 2 is 2.11 bits per heavy atom. The van der Waals surface area contributed by atoms with Gasteiger partial charge in [0.05, 0.1) is 12.1 Å². The van der Waals surface area contributed by atoms with Gasteiger partial charge in [0.1, 0.15) is 6.04 Å². The number of aliphatic hydroxyl groups excluding tert-OH is 1. The summed E-state index contributed by atoms with van der Waals surface area (Å²) in [5.74, 6) is 0.447. The molecule has 2 aliphatic rings. The molecule has 1 atom stereocenters. The summed E-state index contributed by atoms with van der Waals surface area (Å²) in [6.45, 7) is 2.17. The van der Waals surface area contributed by atoms with E-state index in [1.165, 1.54) is 0 Å². The van der Waals surface area contributed by atoms with Crippen molar-refractivity contribution in [3.63, 3.8) is 0 Å². The summed E-state index contributed by atoms with van der Waals surface area (Å²) < 4.78 is 0. The molecule has 1 saturated heterocycles. The van der Waals surface area contributed by atoms with Crippen LogP contribution in [0.5, 0.6) is 0 Å². The lowest BCUT2D eigenvalue weighted by Gasteiger charge is -2.39. The zero-order chi connectivity index (χ0) is 13.2. The predicted molar refractivity (Wildman–Crippen MR) is 66.8 cm³/mol. The molecule has 0 aromatic carbocycles. The summed E-state index contributed by atoms with van der Waals surface area (Å²) in [5, 5.41) is 15.2. The Bertz CT molecular complexity index is 335. The van der Waals surface area contributed by atoms with Gasteiger partial charge in [-0.2, -0.15) is 0 Å². The van der Waals surface area contributed by atoms with Crippen LogP contribution in [-0.4, -0.2) is 35.1 Å². The smallest absolute Gasteiger partial charge is 0.243 e. The van der Waals surface area contributed by atoms with Crippen molar-refractivity contribution in [2.75, 3.05) is 6.61 Å². The van der Waals surface area contributed by atoms with E-state index in [1.807, 2.05) is 0 Å². The van der Waals surface area contributed by atoms with Gasteiger partial charge in [0.2, 0.25) is 11.8 Å². The SMILES string of the molecule is CC1CCC(CO)(NC(=O)[C@@H]2CCC(=O)N2)CC1. The summed E-state index contributed by atoms with van der Waals surface area (Å²) in [7, 11) is 0. The maximum atomic E-state index is 12.1. The molecule has 0 radical (unpaired) electrons. The Balaban J connectivity index is 1.93. The van der Waals surface area contributed by atoms with Crippen molar-refractivity contribution in [3.8, 4) is 0 Å². The van der Waals surface area contributed by atoms with Crippen LogP contribution in [0.2, 0.25) is 0 Å². The molecule has 18 heavy (non-hydrogen) atoms. The number of hydrogen-bond donors (Lipinski definition) is 3. The molecule has 0 aromatic rings. The first-order valence-corrected chi connectivity index (χ1v) is 6.77. The normalized spacial score (nSPS) is 36.2. The first-order valence-electron chi connectivity index (χ1n) is 6.77. The Morgan fingerprint density at radius 1 is 1.44 bits per heavy atom. The van der Waals surface area contributed by atoms with Crippen LogP contribution >= 0.6 is 0 Å². The third kappa shape index (κ3) is 2.83. The zero-order valence-electron chi connectivity index (χ0n) is 10.9. The molecule has 0 aromatic heterocycles. The van der Waals surface area contributed by atoms with E-state index in [0.29, 0.717) is 18.8 Å². The Hall–Kier alpha value is -1.10. The lowest BCUT2D eigenvalue weighted by molar-refractivity contribution is -0.128. The molecular weight excluding hydrogens is 232 g/mol. The average molecular weight is 254 g/mol. The standard InChI is InChI=1S/C13H22N2O3/c1-9-4-6-13(8-16,7-5-9)15-12(18)10-2-3-11(17)14-10/h9-10,16H,2-8H2,1H3,(H,14,17)(H,15,18)/t9?,10-,13?/m0/s1. The van der Waals surface area contributed by atoms with Crippen molar-refractivity contribution < 1.29 is 14.7 Å². The van der Waals surface area contributed by atoms with E-state index in [2.05, 4.69) is 17.6 Å². The molecule has 5 nitrogen and oxygen atoms in total. The monoisotopic (exact) mass is 254 g/mol. The highest BCUT2D eigenvalue weighted by molar-refractivity contribution is 5.91. The average Bonchev–Trinajstić information content (AvgIpc) is 2.79. The largest absolute Gasteiger partial charge is 0.394 e. The topological polar surface area (TPSA) is 78.4 Å². The first-order chi connectivity index (χ1) is 8.54. The van der Waals surface area contributed by atoms with Gasteiger partial charge < -0.3 is 15.7 Å². The molecule has 0 spiro atoms. The zero-order valence-corrected chi connectivity index (χ0v) is 10.9. The number of aliphatic hydroxyl groups is 1. The van der Waals surface area contributed by atoms with Gasteiger partial charge in [-0.3, -0.25) is 9.59 Å². The minimum absolute atomic E-state index is 0.0217. The summed E-state index contributed by atoms with van der Waals surface area (Å²) in [6.07, 6.45) is 4.66. The summed E-state index contributed by atoms with van der Waals surface area (Å²) in [4.78, 5) is 23.2. The quantitative estimate of drug-likeness (QED) is 0.679. The van der Waals surface area contributed by atoms with Gasteiger partial charge in [-0.15, -0.1) is 0 Å². The number of hydrogen-bond acceptors (Lipinski definition) is 3. The van der Waals surface area contributed by atoms with Crippen molar-refractivity contribution >= 4 is 11.8 Å². The highest BCUT2D eigenvalue weighted by Gasteiger charge is 2.37. The Labute approximate surface area is 107 Å². The van der Waals surface area contributed by atoms with Gasteiger partial charge in [0, 0.05) is 6.42 Å². The lowest BCUT2D eigenvalue weighted by Crippen LogP contribution is -2.57. The van der Waals surface area contributed by atoms with Crippen LogP contribution in [0.4, 0.5) is 0 Å². The van der Waals surface area contributed by atoms with Crippen LogP contribution in [-0.2, 0) is 9.59 Å². The van der Waals surface area contributed by atoms with Crippen molar-refractivity contribution in [1.29, 1.82) is 0 Å². The minimum Gasteiger partial charge on any atom is -0.394 e. The van der Waals surface area contributed by atoms with E-state index >= 15 is 0 Å². The van der Waals surface area contributed by atoms with Gasteiger partial charge in [-0.05, 0) is 38.0 Å². The molecule has 5 heteroatoms. The lowest BCUT2D eigenvalue weighted by atomic mass is 9.77. The molecule has 1 heterocycles. The predicted octanol–water partition coefficient (Wildman–Crippen LogP) is 0.322. The maximum absolute atomic E-state index is 12.1. The van der Waals surface area contributed by atoms with Crippen LogP contribution in [0.25, 0.3) is 0 Å². The van der Waals surface area contributed by atoms with Gasteiger partial charge in [-0.1, -0.05) is 6.92 Å². The second kappa shape index (κ2) is 5.26. The summed E-state index contributed by atoms with van der Waals surface area (Å²) in [5.41, 5.74) is -0.475. The number of carbonyl (C=O) groups is 2. The number of nitrogens with one attached hydrogen (secondary N) is 2. The van der Waals surface area contributed by atoms with Crippen LogP contribution < -0.4 is 10.6 Å². The second-order valence-electron chi connectivity index (χ2n) is 5.77. The second-order valence-corrected chi connectivity index (χ2v) is 5.77.